The van der Waals surface area contributed by atoms with E-state index in [0.717, 1.165) is 15.8 Å². The van der Waals surface area contributed by atoms with Gasteiger partial charge in [0, 0.05) is 0 Å². The van der Waals surface area contributed by atoms with Crippen molar-refractivity contribution in [3.63, 3.8) is 0 Å². The van der Waals surface area contributed by atoms with E-state index in [1.165, 1.54) is 7.11 Å². The zero-order valence-corrected chi connectivity index (χ0v) is 8.72. The molecule has 0 aliphatic carbocycles. The first-order valence-electron chi connectivity index (χ1n) is 4.15. The molecule has 0 aliphatic rings. The summed E-state index contributed by atoms with van der Waals surface area (Å²) in [6, 6.07) is 3.67. The number of aromatic nitrogens is 1. The van der Waals surface area contributed by atoms with Crippen LogP contribution in [-0.2, 0) is 4.74 Å². The van der Waals surface area contributed by atoms with Crippen molar-refractivity contribution in [3.8, 4) is 0 Å². The van der Waals surface area contributed by atoms with Crippen LogP contribution in [0.4, 0.5) is 0 Å². The Kier molecular flexibility index (Phi) is 2.21. The maximum Gasteiger partial charge on any atom is 0.338 e. The van der Waals surface area contributed by atoms with Crippen LogP contribution in [0.5, 0.6) is 0 Å². The van der Waals surface area contributed by atoms with Crippen LogP contribution in [0.2, 0.25) is 0 Å². The number of aryl methyl sites for hydroxylation is 1. The van der Waals surface area contributed by atoms with Crippen molar-refractivity contribution in [2.45, 2.75) is 6.92 Å². The lowest BCUT2D eigenvalue weighted by atomic mass is 10.1. The highest BCUT2D eigenvalue weighted by Crippen LogP contribution is 2.24. The van der Waals surface area contributed by atoms with Gasteiger partial charge < -0.3 is 4.74 Å². The van der Waals surface area contributed by atoms with Gasteiger partial charge in [-0.15, -0.1) is 11.3 Å². The molecule has 0 radical (unpaired) electrons. The Balaban J connectivity index is 2.67. The number of benzene rings is 1. The van der Waals surface area contributed by atoms with Gasteiger partial charge in [0.05, 0.1) is 28.4 Å². The van der Waals surface area contributed by atoms with Gasteiger partial charge in [-0.25, -0.2) is 9.78 Å². The molecule has 0 spiro atoms. The zero-order chi connectivity index (χ0) is 10.1. The Hall–Kier alpha value is -1.42. The lowest BCUT2D eigenvalue weighted by Gasteiger charge is -2.03. The smallest absolute Gasteiger partial charge is 0.338 e. The minimum atomic E-state index is -0.308. The Morgan fingerprint density at radius 1 is 1.50 bits per heavy atom. The Labute approximate surface area is 85.3 Å². The molecule has 0 atom stereocenters. The number of fused-ring (bicyclic) bond motifs is 1. The van der Waals surface area contributed by atoms with Gasteiger partial charge in [0.25, 0.3) is 0 Å². The second-order valence-electron chi connectivity index (χ2n) is 2.93. The van der Waals surface area contributed by atoms with Gasteiger partial charge in [0.15, 0.2) is 0 Å². The molecule has 0 unspecified atom stereocenters. The van der Waals surface area contributed by atoms with Crippen molar-refractivity contribution in [2.24, 2.45) is 0 Å². The maximum atomic E-state index is 11.4. The lowest BCUT2D eigenvalue weighted by Crippen LogP contribution is -2.03. The van der Waals surface area contributed by atoms with Gasteiger partial charge in [-0.1, -0.05) is 0 Å². The molecule has 1 aromatic carbocycles. The van der Waals surface area contributed by atoms with Gasteiger partial charge >= 0.3 is 5.97 Å². The van der Waals surface area contributed by atoms with Crippen LogP contribution in [0.1, 0.15) is 15.9 Å². The normalized spacial score (nSPS) is 10.4. The first-order chi connectivity index (χ1) is 6.74. The van der Waals surface area contributed by atoms with Crippen LogP contribution < -0.4 is 0 Å². The number of carbonyl (C=O) groups is 1. The molecule has 72 valence electrons. The summed E-state index contributed by atoms with van der Waals surface area (Å²) in [5.41, 5.74) is 4.14. The molecule has 0 saturated carbocycles. The summed E-state index contributed by atoms with van der Waals surface area (Å²) in [6.07, 6.45) is 0. The summed E-state index contributed by atoms with van der Waals surface area (Å²) in [5, 5.41) is 0. The molecule has 0 bridgehead atoms. The predicted octanol–water partition coefficient (Wildman–Crippen LogP) is 2.39. The number of carbonyl (C=O) groups excluding carboxylic acids is 1. The molecule has 2 rings (SSSR count). The van der Waals surface area contributed by atoms with E-state index in [2.05, 4.69) is 9.72 Å². The van der Waals surface area contributed by atoms with Crippen LogP contribution in [0.3, 0.4) is 0 Å². The van der Waals surface area contributed by atoms with Crippen molar-refractivity contribution in [1.29, 1.82) is 0 Å². The van der Waals surface area contributed by atoms with Gasteiger partial charge in [-0.2, -0.15) is 0 Å². The molecule has 1 heterocycles. The van der Waals surface area contributed by atoms with Crippen LogP contribution in [0.15, 0.2) is 17.6 Å². The van der Waals surface area contributed by atoms with E-state index in [-0.39, 0.29) is 5.97 Å². The third kappa shape index (κ3) is 1.28. The first kappa shape index (κ1) is 9.15. The van der Waals surface area contributed by atoms with E-state index in [1.54, 1.807) is 22.9 Å². The molecule has 2 aromatic rings. The fourth-order valence-electron chi connectivity index (χ4n) is 1.40. The number of hydrogen-bond acceptors (Lipinski definition) is 4. The number of methoxy groups -OCH3 is 1. The van der Waals surface area contributed by atoms with Crippen LogP contribution in [-0.4, -0.2) is 18.1 Å². The average Bonchev–Trinajstić information content (AvgIpc) is 2.66. The number of nitrogens with zero attached hydrogens (tertiary/aromatic N) is 1. The molecule has 0 saturated heterocycles. The third-order valence-electron chi connectivity index (χ3n) is 2.16. The number of thiazole rings is 1. The summed E-state index contributed by atoms with van der Waals surface area (Å²) in [6.45, 7) is 1.88. The largest absolute Gasteiger partial charge is 0.465 e. The van der Waals surface area contributed by atoms with E-state index in [0.29, 0.717) is 5.56 Å². The van der Waals surface area contributed by atoms with Gasteiger partial charge in [-0.05, 0) is 24.6 Å². The van der Waals surface area contributed by atoms with Crippen molar-refractivity contribution in [3.05, 3.63) is 28.8 Å². The SMILES string of the molecule is COC(=O)c1ccc2scnc2c1C. The molecule has 14 heavy (non-hydrogen) atoms. The molecule has 0 N–H and O–H groups in total. The molecular weight excluding hydrogens is 198 g/mol. The fourth-order valence-corrected chi connectivity index (χ4v) is 2.13. The van der Waals surface area contributed by atoms with E-state index < -0.39 is 0 Å². The van der Waals surface area contributed by atoms with E-state index in [1.807, 2.05) is 13.0 Å². The molecule has 3 nitrogen and oxygen atoms in total. The van der Waals surface area contributed by atoms with Gasteiger partial charge in [-0.3, -0.25) is 0 Å². The molecule has 4 heteroatoms. The molecule has 1 aromatic heterocycles. The van der Waals surface area contributed by atoms with Crippen molar-refractivity contribution in [1.82, 2.24) is 4.98 Å². The van der Waals surface area contributed by atoms with Gasteiger partial charge in [0.2, 0.25) is 0 Å². The van der Waals surface area contributed by atoms with E-state index in [4.69, 9.17) is 0 Å². The summed E-state index contributed by atoms with van der Waals surface area (Å²) in [4.78, 5) is 15.6. The molecule has 0 aliphatic heterocycles. The highest BCUT2D eigenvalue weighted by atomic mass is 32.1. The quantitative estimate of drug-likeness (QED) is 0.674. The van der Waals surface area contributed by atoms with Crippen molar-refractivity contribution < 1.29 is 9.53 Å². The standard InChI is InChI=1S/C10H9NO2S/c1-6-7(10(12)13-2)3-4-8-9(6)11-5-14-8/h3-5H,1-2H3. The van der Waals surface area contributed by atoms with Crippen molar-refractivity contribution in [2.75, 3.05) is 7.11 Å². The summed E-state index contributed by atoms with van der Waals surface area (Å²) in [5.74, 6) is -0.308. The average molecular weight is 207 g/mol. The summed E-state index contributed by atoms with van der Waals surface area (Å²) < 4.78 is 5.77. The minimum absolute atomic E-state index is 0.308. The lowest BCUT2D eigenvalue weighted by molar-refractivity contribution is 0.0600. The van der Waals surface area contributed by atoms with E-state index in [9.17, 15) is 4.79 Å². The van der Waals surface area contributed by atoms with Crippen molar-refractivity contribution >= 4 is 27.5 Å². The zero-order valence-electron chi connectivity index (χ0n) is 7.90. The van der Waals surface area contributed by atoms with Crippen LogP contribution in [0.25, 0.3) is 10.2 Å². The number of hydrogen-bond donors (Lipinski definition) is 0. The van der Waals surface area contributed by atoms with Gasteiger partial charge in [0.1, 0.15) is 0 Å². The number of rotatable bonds is 1. The second-order valence-corrected chi connectivity index (χ2v) is 3.82. The Bertz CT molecular complexity index is 490. The van der Waals surface area contributed by atoms with Crippen LogP contribution >= 0.6 is 11.3 Å². The molecule has 0 amide bonds. The summed E-state index contributed by atoms with van der Waals surface area (Å²) in [7, 11) is 1.38. The predicted molar refractivity (Wildman–Crippen MR) is 55.7 cm³/mol. The number of esters is 1. The minimum Gasteiger partial charge on any atom is -0.465 e. The second kappa shape index (κ2) is 3.38. The Morgan fingerprint density at radius 2 is 2.29 bits per heavy atom. The monoisotopic (exact) mass is 207 g/mol. The topological polar surface area (TPSA) is 39.2 Å². The number of ether oxygens (including phenoxy) is 1. The first-order valence-corrected chi connectivity index (χ1v) is 5.03. The summed E-state index contributed by atoms with van der Waals surface area (Å²) >= 11 is 1.57. The molecule has 0 fully saturated rings. The van der Waals surface area contributed by atoms with Crippen LogP contribution in [0, 0.1) is 6.92 Å². The van der Waals surface area contributed by atoms with E-state index >= 15 is 0 Å². The highest BCUT2D eigenvalue weighted by Gasteiger charge is 2.12. The molecular formula is C10H9NO2S. The third-order valence-corrected chi connectivity index (χ3v) is 2.95. The highest BCUT2D eigenvalue weighted by molar-refractivity contribution is 7.16. The fraction of sp³-hybridized carbons (Fsp3) is 0.200. The maximum absolute atomic E-state index is 11.4. The Morgan fingerprint density at radius 3 is 3.00 bits per heavy atom.